The van der Waals surface area contributed by atoms with Crippen LogP contribution in [0.25, 0.3) is 0 Å². The molecule has 0 bridgehead atoms. The van der Waals surface area contributed by atoms with Gasteiger partial charge in [0.2, 0.25) is 5.91 Å². The molecule has 136 valence electrons. The third kappa shape index (κ3) is 6.18. The van der Waals surface area contributed by atoms with Crippen molar-refractivity contribution >= 4 is 18.3 Å². The SMILES string of the molecule is Cl.NC1(C(=O)NCc2ccc(OCC(F)(F)F)cc2)CCOCC1. The average Bonchev–Trinajstić information content (AvgIpc) is 2.51. The molecule has 1 aromatic rings. The zero-order valence-corrected chi connectivity index (χ0v) is 13.7. The molecule has 1 heterocycles. The molecule has 0 radical (unpaired) electrons. The van der Waals surface area contributed by atoms with Gasteiger partial charge in [0.15, 0.2) is 6.61 Å². The molecule has 0 aliphatic carbocycles. The van der Waals surface area contributed by atoms with E-state index in [9.17, 15) is 18.0 Å². The molecule has 0 aromatic heterocycles. The highest BCUT2D eigenvalue weighted by Crippen LogP contribution is 2.20. The number of alkyl halides is 3. The molecule has 24 heavy (non-hydrogen) atoms. The maximum Gasteiger partial charge on any atom is 0.422 e. The monoisotopic (exact) mass is 368 g/mol. The van der Waals surface area contributed by atoms with Crippen molar-refractivity contribution in [2.75, 3.05) is 19.8 Å². The summed E-state index contributed by atoms with van der Waals surface area (Å²) in [6.07, 6.45) is -3.45. The van der Waals surface area contributed by atoms with E-state index >= 15 is 0 Å². The van der Waals surface area contributed by atoms with Gasteiger partial charge in [0.1, 0.15) is 5.75 Å². The summed E-state index contributed by atoms with van der Waals surface area (Å²) < 4.78 is 45.9. The van der Waals surface area contributed by atoms with Crippen LogP contribution < -0.4 is 15.8 Å². The minimum absolute atomic E-state index is 0. The molecule has 0 unspecified atom stereocenters. The Bertz CT molecular complexity index is 532. The van der Waals surface area contributed by atoms with Crippen molar-refractivity contribution < 1.29 is 27.4 Å². The van der Waals surface area contributed by atoms with Crippen LogP contribution in [0.1, 0.15) is 18.4 Å². The van der Waals surface area contributed by atoms with Crippen LogP contribution in [0.4, 0.5) is 13.2 Å². The van der Waals surface area contributed by atoms with E-state index in [0.717, 1.165) is 5.56 Å². The van der Waals surface area contributed by atoms with E-state index in [1.165, 1.54) is 12.1 Å². The minimum atomic E-state index is -4.37. The van der Waals surface area contributed by atoms with E-state index in [0.29, 0.717) is 26.1 Å². The molecule has 1 amide bonds. The Kier molecular flexibility index (Phi) is 7.31. The van der Waals surface area contributed by atoms with Gasteiger partial charge in [-0.15, -0.1) is 12.4 Å². The third-order valence-corrected chi connectivity index (χ3v) is 3.62. The number of benzene rings is 1. The Balaban J connectivity index is 0.00000288. The summed E-state index contributed by atoms with van der Waals surface area (Å²) in [7, 11) is 0. The van der Waals surface area contributed by atoms with Crippen molar-refractivity contribution in [3.05, 3.63) is 29.8 Å². The predicted octanol–water partition coefficient (Wildman–Crippen LogP) is 2.17. The zero-order valence-electron chi connectivity index (χ0n) is 12.9. The number of ether oxygens (including phenoxy) is 2. The van der Waals surface area contributed by atoms with E-state index in [4.69, 9.17) is 10.5 Å². The van der Waals surface area contributed by atoms with Crippen LogP contribution in [-0.4, -0.2) is 37.4 Å². The second-order valence-corrected chi connectivity index (χ2v) is 5.50. The van der Waals surface area contributed by atoms with Crippen molar-refractivity contribution in [3.8, 4) is 5.75 Å². The highest BCUT2D eigenvalue weighted by molar-refractivity contribution is 5.86. The average molecular weight is 369 g/mol. The molecular formula is C15H20ClF3N2O3. The van der Waals surface area contributed by atoms with Gasteiger partial charge in [0.05, 0.1) is 5.54 Å². The van der Waals surface area contributed by atoms with E-state index < -0.39 is 18.3 Å². The summed E-state index contributed by atoms with van der Waals surface area (Å²) in [4.78, 5) is 12.1. The second-order valence-electron chi connectivity index (χ2n) is 5.50. The van der Waals surface area contributed by atoms with Gasteiger partial charge in [-0.1, -0.05) is 12.1 Å². The largest absolute Gasteiger partial charge is 0.484 e. The first kappa shape index (κ1) is 20.5. The quantitative estimate of drug-likeness (QED) is 0.835. The number of amides is 1. The van der Waals surface area contributed by atoms with Crippen LogP contribution in [0.3, 0.4) is 0 Å². The Morgan fingerprint density at radius 2 is 1.83 bits per heavy atom. The maximum atomic E-state index is 12.1. The Labute approximate surface area is 144 Å². The third-order valence-electron chi connectivity index (χ3n) is 3.62. The van der Waals surface area contributed by atoms with E-state index in [2.05, 4.69) is 10.1 Å². The number of hydrogen-bond acceptors (Lipinski definition) is 4. The lowest BCUT2D eigenvalue weighted by molar-refractivity contribution is -0.153. The smallest absolute Gasteiger partial charge is 0.422 e. The molecule has 0 saturated carbocycles. The highest BCUT2D eigenvalue weighted by atomic mass is 35.5. The van der Waals surface area contributed by atoms with Crippen LogP contribution in [0.2, 0.25) is 0 Å². The lowest BCUT2D eigenvalue weighted by atomic mass is 9.90. The molecular weight excluding hydrogens is 349 g/mol. The van der Waals surface area contributed by atoms with Gasteiger partial charge in [-0.25, -0.2) is 0 Å². The van der Waals surface area contributed by atoms with Crippen molar-refractivity contribution in [1.82, 2.24) is 5.32 Å². The van der Waals surface area contributed by atoms with Gasteiger partial charge >= 0.3 is 6.18 Å². The summed E-state index contributed by atoms with van der Waals surface area (Å²) in [6, 6.07) is 6.05. The van der Waals surface area contributed by atoms with Crippen LogP contribution in [-0.2, 0) is 16.1 Å². The second kappa shape index (κ2) is 8.55. The topological polar surface area (TPSA) is 73.6 Å². The molecule has 1 aliphatic heterocycles. The number of nitrogens with one attached hydrogen (secondary N) is 1. The van der Waals surface area contributed by atoms with Gasteiger partial charge in [-0.2, -0.15) is 13.2 Å². The summed E-state index contributed by atoms with van der Waals surface area (Å²) in [6.45, 7) is -0.177. The van der Waals surface area contributed by atoms with Gasteiger partial charge in [0.25, 0.3) is 0 Å². The molecule has 1 fully saturated rings. The van der Waals surface area contributed by atoms with Crippen molar-refractivity contribution in [3.63, 3.8) is 0 Å². The summed E-state index contributed by atoms with van der Waals surface area (Å²) in [5.74, 6) is -0.129. The van der Waals surface area contributed by atoms with E-state index in [1.807, 2.05) is 0 Å². The van der Waals surface area contributed by atoms with Crippen LogP contribution in [0.15, 0.2) is 24.3 Å². The lowest BCUT2D eigenvalue weighted by Crippen LogP contribution is -2.56. The molecule has 3 N–H and O–H groups in total. The number of carbonyl (C=O) groups excluding carboxylic acids is 1. The first-order chi connectivity index (χ1) is 10.8. The molecule has 1 aliphatic rings. The summed E-state index contributed by atoms with van der Waals surface area (Å²) in [5, 5.41) is 2.74. The van der Waals surface area contributed by atoms with Crippen LogP contribution in [0.5, 0.6) is 5.75 Å². The number of rotatable bonds is 5. The molecule has 1 saturated heterocycles. The normalized spacial score (nSPS) is 16.8. The summed E-state index contributed by atoms with van der Waals surface area (Å²) in [5.41, 5.74) is 5.87. The van der Waals surface area contributed by atoms with Crippen molar-refractivity contribution in [1.29, 1.82) is 0 Å². The van der Waals surface area contributed by atoms with Gasteiger partial charge < -0.3 is 20.5 Å². The predicted molar refractivity (Wildman–Crippen MR) is 84.1 cm³/mol. The van der Waals surface area contributed by atoms with Gasteiger partial charge in [-0.05, 0) is 30.5 Å². The Hall–Kier alpha value is -1.51. The Morgan fingerprint density at radius 3 is 2.38 bits per heavy atom. The number of nitrogens with two attached hydrogens (primary N) is 1. The molecule has 0 atom stereocenters. The fraction of sp³-hybridized carbons (Fsp3) is 0.533. The van der Waals surface area contributed by atoms with E-state index in [1.54, 1.807) is 12.1 Å². The molecule has 0 spiro atoms. The van der Waals surface area contributed by atoms with Crippen molar-refractivity contribution in [2.45, 2.75) is 31.1 Å². The molecule has 5 nitrogen and oxygen atoms in total. The number of halogens is 4. The first-order valence-corrected chi connectivity index (χ1v) is 7.22. The standard InChI is InChI=1S/C15H19F3N2O3.ClH/c16-15(17,18)10-23-12-3-1-11(2-4-12)9-20-13(21)14(19)5-7-22-8-6-14;/h1-4H,5-10,19H2,(H,20,21);1H. The van der Waals surface area contributed by atoms with Crippen LogP contribution >= 0.6 is 12.4 Å². The molecule has 2 rings (SSSR count). The molecule has 1 aromatic carbocycles. The fourth-order valence-electron chi connectivity index (χ4n) is 2.19. The van der Waals surface area contributed by atoms with Crippen LogP contribution in [0, 0.1) is 0 Å². The van der Waals surface area contributed by atoms with Gasteiger partial charge in [-0.3, -0.25) is 4.79 Å². The first-order valence-electron chi connectivity index (χ1n) is 7.22. The zero-order chi connectivity index (χ0) is 16.9. The minimum Gasteiger partial charge on any atom is -0.484 e. The summed E-state index contributed by atoms with van der Waals surface area (Å²) >= 11 is 0. The number of carbonyl (C=O) groups is 1. The van der Waals surface area contributed by atoms with E-state index in [-0.39, 0.29) is 30.6 Å². The fourth-order valence-corrected chi connectivity index (χ4v) is 2.19. The number of hydrogen-bond donors (Lipinski definition) is 2. The molecule has 9 heteroatoms. The van der Waals surface area contributed by atoms with Gasteiger partial charge in [0, 0.05) is 19.8 Å². The van der Waals surface area contributed by atoms with Crippen molar-refractivity contribution in [2.24, 2.45) is 5.73 Å². The highest BCUT2D eigenvalue weighted by Gasteiger charge is 2.35. The Morgan fingerprint density at radius 1 is 1.25 bits per heavy atom. The lowest BCUT2D eigenvalue weighted by Gasteiger charge is -2.31. The maximum absolute atomic E-state index is 12.1.